The summed E-state index contributed by atoms with van der Waals surface area (Å²) in [6.45, 7) is 3.82. The van der Waals surface area contributed by atoms with Gasteiger partial charge in [-0.25, -0.2) is 29.9 Å². The third-order valence-electron chi connectivity index (χ3n) is 6.04. The lowest BCUT2D eigenvalue weighted by Crippen LogP contribution is -1.98. The molecule has 6 aromatic rings. The molecule has 0 unspecified atom stereocenters. The normalized spacial score (nSPS) is 10.5. The smallest absolute Gasteiger partial charge is 0.271 e. The number of thiazole rings is 2. The average Bonchev–Trinajstić information content (AvgIpc) is 3.59. The molecule has 0 amide bonds. The third kappa shape index (κ3) is 7.81. The van der Waals surface area contributed by atoms with Crippen molar-refractivity contribution in [2.24, 2.45) is 0 Å². The molecule has 6 rings (SSSR count). The molecule has 6 N–H and O–H groups in total. The summed E-state index contributed by atoms with van der Waals surface area (Å²) in [7, 11) is 1.85. The quantitative estimate of drug-likeness (QED) is 0.0681. The molecule has 2 aromatic carbocycles. The van der Waals surface area contributed by atoms with E-state index in [0.717, 1.165) is 37.7 Å². The Morgan fingerprint density at radius 2 is 1.40 bits per heavy atom. The topological polar surface area (TPSA) is 203 Å². The number of aromatic nitrogens is 6. The van der Waals surface area contributed by atoms with Crippen LogP contribution in [0.25, 0.3) is 21.1 Å². The Labute approximate surface area is 265 Å². The van der Waals surface area contributed by atoms with Crippen molar-refractivity contribution < 1.29 is 10.0 Å². The van der Waals surface area contributed by atoms with Gasteiger partial charge in [-0.15, -0.1) is 0 Å². The first-order chi connectivity index (χ1) is 21.7. The molecule has 0 aliphatic carbocycles. The molecule has 0 bridgehead atoms. The van der Waals surface area contributed by atoms with Gasteiger partial charge in [0, 0.05) is 42.9 Å². The molecule has 4 aromatic heterocycles. The number of anilines is 6. The maximum Gasteiger partial charge on any atom is 0.271 e. The fourth-order valence-corrected chi connectivity index (χ4v) is 5.68. The van der Waals surface area contributed by atoms with E-state index in [-0.39, 0.29) is 11.4 Å². The molecule has 0 atom stereocenters. The van der Waals surface area contributed by atoms with E-state index in [0.29, 0.717) is 28.4 Å². The Morgan fingerprint density at radius 1 is 0.800 bits per heavy atom. The van der Waals surface area contributed by atoms with Crippen LogP contribution in [0.1, 0.15) is 11.4 Å². The number of nitrogens with one attached hydrogen (secondary N) is 3. The summed E-state index contributed by atoms with van der Waals surface area (Å²) in [5.74, 6) is 1.07. The lowest BCUT2D eigenvalue weighted by Gasteiger charge is -2.06. The number of rotatable bonds is 8. The highest BCUT2D eigenvalue weighted by Crippen LogP contribution is 2.32. The van der Waals surface area contributed by atoms with Gasteiger partial charge in [-0.1, -0.05) is 28.7 Å². The van der Waals surface area contributed by atoms with Crippen LogP contribution in [0, 0.1) is 24.0 Å². The lowest BCUT2D eigenvalue weighted by molar-refractivity contribution is -0.384. The predicted molar refractivity (Wildman–Crippen MR) is 177 cm³/mol. The third-order valence-corrected chi connectivity index (χ3v) is 8.24. The molecular weight excluding hydrogens is 615 g/mol. The van der Waals surface area contributed by atoms with Crippen molar-refractivity contribution in [3.8, 4) is 26.9 Å². The summed E-state index contributed by atoms with van der Waals surface area (Å²) in [6.07, 6.45) is 3.32. The number of phenols is 1. The molecule has 0 fully saturated rings. The van der Waals surface area contributed by atoms with Crippen LogP contribution in [0.4, 0.5) is 39.2 Å². The molecule has 0 aliphatic heterocycles. The summed E-state index contributed by atoms with van der Waals surface area (Å²) in [5, 5.41) is 30.6. The number of hydrogen-bond acceptors (Lipinski definition) is 15. The molecule has 0 aliphatic rings. The van der Waals surface area contributed by atoms with Crippen LogP contribution < -0.4 is 21.7 Å². The van der Waals surface area contributed by atoms with Gasteiger partial charge in [0.05, 0.1) is 37.5 Å². The van der Waals surface area contributed by atoms with Crippen LogP contribution in [-0.4, -0.2) is 47.0 Å². The van der Waals surface area contributed by atoms with Gasteiger partial charge in [0.15, 0.2) is 10.3 Å². The first kappa shape index (κ1) is 30.7. The van der Waals surface area contributed by atoms with E-state index in [1.54, 1.807) is 66.2 Å². The monoisotopic (exact) mass is 641 g/mol. The number of nitro groups is 1. The second-order valence-electron chi connectivity index (χ2n) is 9.29. The standard InChI is InChI=1S/C15H15N5OS.C14H12N6O2S/c1-9-13(22-15(16-2)18-9)12-7-8-17-14(20-12)19-10-3-5-11(21)6-4-10;1-8-12(23-13(15)17-8)11-5-6-16-14(19-11)18-9-3-2-4-10(7-9)20(21)22/h3-8,21H,1-2H3,(H,16,18)(H,17,19,20);2-7H,1H3,(H2,15,17)(H,16,18,19). The molecule has 0 saturated carbocycles. The van der Waals surface area contributed by atoms with Gasteiger partial charge >= 0.3 is 0 Å². The van der Waals surface area contributed by atoms with E-state index in [1.807, 2.05) is 27.0 Å². The first-order valence-electron chi connectivity index (χ1n) is 13.3. The highest BCUT2D eigenvalue weighted by molar-refractivity contribution is 7.19. The summed E-state index contributed by atoms with van der Waals surface area (Å²) in [5.41, 5.74) is 10.3. The van der Waals surface area contributed by atoms with Crippen LogP contribution in [0.2, 0.25) is 0 Å². The molecule has 45 heavy (non-hydrogen) atoms. The van der Waals surface area contributed by atoms with Crippen LogP contribution in [-0.2, 0) is 0 Å². The van der Waals surface area contributed by atoms with Crippen molar-refractivity contribution >= 4 is 61.9 Å². The van der Waals surface area contributed by atoms with E-state index in [4.69, 9.17) is 5.73 Å². The number of nitrogen functional groups attached to an aromatic ring is 1. The van der Waals surface area contributed by atoms with E-state index in [2.05, 4.69) is 45.9 Å². The Kier molecular flexibility index (Phi) is 9.35. The maximum absolute atomic E-state index is 10.8. The number of phenolic OH excluding ortho intramolecular Hbond substituents is 1. The van der Waals surface area contributed by atoms with Crippen LogP contribution >= 0.6 is 22.7 Å². The van der Waals surface area contributed by atoms with Crippen LogP contribution in [0.5, 0.6) is 5.75 Å². The Morgan fingerprint density at radius 3 is 1.96 bits per heavy atom. The lowest BCUT2D eigenvalue weighted by atomic mass is 10.3. The number of nitrogens with two attached hydrogens (primary N) is 1. The highest BCUT2D eigenvalue weighted by Gasteiger charge is 2.13. The minimum atomic E-state index is -0.452. The van der Waals surface area contributed by atoms with Crippen molar-refractivity contribution in [2.45, 2.75) is 13.8 Å². The largest absolute Gasteiger partial charge is 0.508 e. The van der Waals surface area contributed by atoms with Gasteiger partial charge in [-0.2, -0.15) is 0 Å². The molecular formula is C29H27N11O3S2. The van der Waals surface area contributed by atoms with Crippen LogP contribution in [0.3, 0.4) is 0 Å². The number of nitro benzene ring substituents is 1. The number of aromatic hydroxyl groups is 1. The van der Waals surface area contributed by atoms with Crippen molar-refractivity contribution in [1.29, 1.82) is 0 Å². The number of aryl methyl sites for hydroxylation is 2. The minimum absolute atomic E-state index is 0.00257. The van der Waals surface area contributed by atoms with Gasteiger partial charge < -0.3 is 26.8 Å². The van der Waals surface area contributed by atoms with Crippen molar-refractivity contribution in [3.63, 3.8) is 0 Å². The number of nitrogens with zero attached hydrogens (tertiary/aromatic N) is 7. The van der Waals surface area contributed by atoms with Gasteiger partial charge in [-0.3, -0.25) is 10.1 Å². The molecule has 0 spiro atoms. The van der Waals surface area contributed by atoms with Crippen molar-refractivity contribution in [3.05, 3.63) is 94.6 Å². The summed E-state index contributed by atoms with van der Waals surface area (Å²) < 4.78 is 0. The highest BCUT2D eigenvalue weighted by atomic mass is 32.1. The van der Waals surface area contributed by atoms with Crippen LogP contribution in [0.15, 0.2) is 73.1 Å². The molecule has 16 heteroatoms. The number of hydrogen-bond donors (Lipinski definition) is 5. The zero-order valence-electron chi connectivity index (χ0n) is 24.2. The molecule has 0 radical (unpaired) electrons. The molecule has 4 heterocycles. The van der Waals surface area contributed by atoms with E-state index >= 15 is 0 Å². The first-order valence-corrected chi connectivity index (χ1v) is 14.9. The molecule has 228 valence electrons. The fourth-order valence-electron chi connectivity index (χ4n) is 3.99. The van der Waals surface area contributed by atoms with Gasteiger partial charge in [0.1, 0.15) is 5.75 Å². The number of non-ortho nitro benzene ring substituents is 1. The van der Waals surface area contributed by atoms with Gasteiger partial charge in [0.2, 0.25) is 11.9 Å². The van der Waals surface area contributed by atoms with Gasteiger partial charge in [-0.05, 0) is 56.3 Å². The van der Waals surface area contributed by atoms with Crippen molar-refractivity contribution in [2.75, 3.05) is 28.7 Å². The fraction of sp³-hybridized carbons (Fsp3) is 0.103. The SMILES string of the molecule is CNc1nc(C)c(-c2ccnc(Nc3ccc(O)cc3)n2)s1.Cc1nc(N)sc1-c1ccnc(Nc2cccc([N+](=O)[O-])c2)n1. The summed E-state index contributed by atoms with van der Waals surface area (Å²) in [6, 6.07) is 16.5. The summed E-state index contributed by atoms with van der Waals surface area (Å²) >= 11 is 2.90. The van der Waals surface area contributed by atoms with Gasteiger partial charge in [0.25, 0.3) is 5.69 Å². The van der Waals surface area contributed by atoms with E-state index in [1.165, 1.54) is 23.5 Å². The Balaban J connectivity index is 0.000000178. The predicted octanol–water partition coefficient (Wildman–Crippen LogP) is 6.54. The summed E-state index contributed by atoms with van der Waals surface area (Å²) in [4.78, 5) is 38.1. The average molecular weight is 642 g/mol. The van der Waals surface area contributed by atoms with E-state index in [9.17, 15) is 15.2 Å². The molecule has 14 nitrogen and oxygen atoms in total. The number of benzene rings is 2. The maximum atomic E-state index is 10.8. The van der Waals surface area contributed by atoms with Crippen molar-refractivity contribution in [1.82, 2.24) is 29.9 Å². The second kappa shape index (κ2) is 13.7. The van der Waals surface area contributed by atoms with E-state index < -0.39 is 4.92 Å². The Hall–Kier alpha value is -5.74. The zero-order chi connectivity index (χ0) is 31.9. The Bertz CT molecular complexity index is 1940. The second-order valence-corrected chi connectivity index (χ2v) is 11.3. The zero-order valence-corrected chi connectivity index (χ0v) is 25.8. The minimum Gasteiger partial charge on any atom is -0.508 e. The molecule has 0 saturated heterocycles.